The van der Waals surface area contributed by atoms with Gasteiger partial charge in [-0.2, -0.15) is 17.6 Å². The van der Waals surface area contributed by atoms with E-state index in [1.165, 1.54) is 24.3 Å². The first-order valence-electron chi connectivity index (χ1n) is 9.37. The zero-order valence-corrected chi connectivity index (χ0v) is 16.3. The van der Waals surface area contributed by atoms with E-state index in [0.29, 0.717) is 23.6 Å². The molecule has 3 aromatic rings. The number of ether oxygens (including phenoxy) is 1. The highest BCUT2D eigenvalue weighted by molar-refractivity contribution is 5.51. The monoisotopic (exact) mass is 453 g/mol. The van der Waals surface area contributed by atoms with E-state index >= 15 is 0 Å². The zero-order chi connectivity index (χ0) is 23.3. The quantitative estimate of drug-likeness (QED) is 0.328. The van der Waals surface area contributed by atoms with Gasteiger partial charge in [0.15, 0.2) is 0 Å². The number of halogens is 6. The average molecular weight is 453 g/mol. The van der Waals surface area contributed by atoms with Crippen LogP contribution in [0.15, 0.2) is 72.8 Å². The SMILES string of the molecule is O=CNC(c1ccc(F)cc1)C(c1ccccc1)c1cc(F)cc(OC(F)(F)C(F)F)c1. The van der Waals surface area contributed by atoms with Crippen LogP contribution in [0, 0.1) is 11.6 Å². The van der Waals surface area contributed by atoms with Crippen molar-refractivity contribution in [1.82, 2.24) is 5.32 Å². The molecule has 1 N–H and O–H groups in total. The van der Waals surface area contributed by atoms with Gasteiger partial charge in [0.05, 0.1) is 6.04 Å². The highest BCUT2D eigenvalue weighted by Gasteiger charge is 2.44. The maximum atomic E-state index is 14.3. The molecule has 3 nitrogen and oxygen atoms in total. The zero-order valence-electron chi connectivity index (χ0n) is 16.3. The smallest absolute Gasteiger partial charge is 0.428 e. The molecule has 0 spiro atoms. The van der Waals surface area contributed by atoms with Crippen LogP contribution in [-0.4, -0.2) is 18.9 Å². The van der Waals surface area contributed by atoms with E-state index in [-0.39, 0.29) is 5.56 Å². The number of rotatable bonds is 9. The van der Waals surface area contributed by atoms with E-state index in [1.54, 1.807) is 30.3 Å². The molecule has 0 fully saturated rings. The van der Waals surface area contributed by atoms with Gasteiger partial charge in [0.25, 0.3) is 0 Å². The van der Waals surface area contributed by atoms with Crippen LogP contribution in [0.1, 0.15) is 28.7 Å². The van der Waals surface area contributed by atoms with Gasteiger partial charge in [-0.3, -0.25) is 4.79 Å². The molecule has 1 amide bonds. The molecule has 0 saturated heterocycles. The van der Waals surface area contributed by atoms with E-state index in [0.717, 1.165) is 12.1 Å². The molecule has 0 aliphatic rings. The second-order valence-corrected chi connectivity index (χ2v) is 6.89. The Morgan fingerprint density at radius 2 is 1.47 bits per heavy atom. The Morgan fingerprint density at radius 3 is 2.06 bits per heavy atom. The van der Waals surface area contributed by atoms with Crippen LogP contribution in [0.2, 0.25) is 0 Å². The van der Waals surface area contributed by atoms with Gasteiger partial charge in [-0.15, -0.1) is 0 Å². The summed E-state index contributed by atoms with van der Waals surface area (Å²) in [5.41, 5.74) is 1.06. The van der Waals surface area contributed by atoms with Crippen molar-refractivity contribution in [1.29, 1.82) is 0 Å². The molecule has 0 aliphatic heterocycles. The minimum Gasteiger partial charge on any atom is -0.428 e. The number of hydrogen-bond acceptors (Lipinski definition) is 2. The molecule has 3 aromatic carbocycles. The van der Waals surface area contributed by atoms with Crippen molar-refractivity contribution in [2.75, 3.05) is 0 Å². The predicted molar refractivity (Wildman–Crippen MR) is 105 cm³/mol. The largest absolute Gasteiger partial charge is 0.461 e. The summed E-state index contributed by atoms with van der Waals surface area (Å²) < 4.78 is 83.8. The lowest BCUT2D eigenvalue weighted by atomic mass is 9.81. The first kappa shape index (κ1) is 23.2. The van der Waals surface area contributed by atoms with Gasteiger partial charge in [0, 0.05) is 12.0 Å². The summed E-state index contributed by atoms with van der Waals surface area (Å²) in [6.07, 6.45) is -8.56. The van der Waals surface area contributed by atoms with Crippen molar-refractivity contribution in [3.63, 3.8) is 0 Å². The molecule has 0 bridgehead atoms. The maximum Gasteiger partial charge on any atom is 0.461 e. The van der Waals surface area contributed by atoms with Gasteiger partial charge in [-0.1, -0.05) is 42.5 Å². The summed E-state index contributed by atoms with van der Waals surface area (Å²) in [6.45, 7) is 0. The minimum atomic E-state index is -4.83. The van der Waals surface area contributed by atoms with Crippen molar-refractivity contribution in [2.45, 2.75) is 24.5 Å². The highest BCUT2D eigenvalue weighted by atomic mass is 19.3. The van der Waals surface area contributed by atoms with E-state index < -0.39 is 41.9 Å². The van der Waals surface area contributed by atoms with Gasteiger partial charge < -0.3 is 10.1 Å². The van der Waals surface area contributed by atoms with Crippen molar-refractivity contribution < 1.29 is 35.9 Å². The molecule has 168 valence electrons. The molecule has 3 rings (SSSR count). The van der Waals surface area contributed by atoms with E-state index in [2.05, 4.69) is 10.1 Å². The van der Waals surface area contributed by atoms with Crippen LogP contribution in [0.5, 0.6) is 5.75 Å². The summed E-state index contributed by atoms with van der Waals surface area (Å²) in [6, 6.07) is 15.2. The molecular formula is C23H17F6NO2. The van der Waals surface area contributed by atoms with Crippen LogP contribution in [0.25, 0.3) is 0 Å². The third kappa shape index (κ3) is 5.40. The number of amides is 1. The molecule has 0 saturated carbocycles. The Morgan fingerprint density at radius 1 is 0.812 bits per heavy atom. The normalized spacial score (nSPS) is 13.5. The number of nitrogens with one attached hydrogen (secondary N) is 1. The molecular weight excluding hydrogens is 436 g/mol. The summed E-state index contributed by atoms with van der Waals surface area (Å²) in [4.78, 5) is 11.4. The Bertz CT molecular complexity index is 1040. The van der Waals surface area contributed by atoms with Crippen molar-refractivity contribution in [2.24, 2.45) is 0 Å². The molecule has 0 radical (unpaired) electrons. The van der Waals surface area contributed by atoms with Crippen LogP contribution >= 0.6 is 0 Å². The Kier molecular flexibility index (Phi) is 7.07. The fourth-order valence-electron chi connectivity index (χ4n) is 3.39. The lowest BCUT2D eigenvalue weighted by Crippen LogP contribution is -2.33. The van der Waals surface area contributed by atoms with Crippen LogP contribution in [0.3, 0.4) is 0 Å². The molecule has 32 heavy (non-hydrogen) atoms. The standard InChI is InChI=1S/C23H17F6NO2/c24-17-8-6-15(7-9-17)21(30-13-31)20(14-4-2-1-3-5-14)16-10-18(25)12-19(11-16)32-23(28,29)22(26)27/h1-13,20-22H,(H,30,31). The first-order valence-corrected chi connectivity index (χ1v) is 9.37. The van der Waals surface area contributed by atoms with E-state index in [4.69, 9.17) is 0 Å². The minimum absolute atomic E-state index is 0.0694. The van der Waals surface area contributed by atoms with Gasteiger partial charge in [0.1, 0.15) is 17.4 Å². The van der Waals surface area contributed by atoms with Crippen molar-refractivity contribution in [3.8, 4) is 5.75 Å². The molecule has 2 atom stereocenters. The molecule has 0 heterocycles. The predicted octanol–water partition coefficient (Wildman–Crippen LogP) is 5.82. The molecule has 0 aromatic heterocycles. The average Bonchev–Trinajstić information content (AvgIpc) is 2.74. The summed E-state index contributed by atoms with van der Waals surface area (Å²) >= 11 is 0. The van der Waals surface area contributed by atoms with E-state index in [1.807, 2.05) is 0 Å². The summed E-state index contributed by atoms with van der Waals surface area (Å²) in [5.74, 6) is -3.20. The topological polar surface area (TPSA) is 38.3 Å². The van der Waals surface area contributed by atoms with Crippen LogP contribution in [-0.2, 0) is 4.79 Å². The third-order valence-corrected chi connectivity index (χ3v) is 4.73. The van der Waals surface area contributed by atoms with Crippen LogP contribution in [0.4, 0.5) is 26.3 Å². The summed E-state index contributed by atoms with van der Waals surface area (Å²) in [7, 11) is 0. The van der Waals surface area contributed by atoms with Gasteiger partial charge in [0.2, 0.25) is 6.41 Å². The van der Waals surface area contributed by atoms with Crippen LogP contribution < -0.4 is 10.1 Å². The number of benzene rings is 3. The van der Waals surface area contributed by atoms with E-state index in [9.17, 15) is 31.1 Å². The maximum absolute atomic E-state index is 14.3. The number of alkyl halides is 4. The first-order chi connectivity index (χ1) is 15.2. The second kappa shape index (κ2) is 9.76. The van der Waals surface area contributed by atoms with Gasteiger partial charge >= 0.3 is 12.5 Å². The van der Waals surface area contributed by atoms with Gasteiger partial charge in [-0.05, 0) is 41.0 Å². The second-order valence-electron chi connectivity index (χ2n) is 6.89. The number of carbonyl (C=O) groups excluding carboxylic acids is 1. The van der Waals surface area contributed by atoms with Gasteiger partial charge in [-0.25, -0.2) is 8.78 Å². The Hall–Kier alpha value is -3.49. The Labute approximate surface area is 179 Å². The Balaban J connectivity index is 2.14. The fourth-order valence-corrected chi connectivity index (χ4v) is 3.39. The molecule has 9 heteroatoms. The fraction of sp³-hybridized carbons (Fsp3) is 0.174. The molecule has 2 unspecified atom stereocenters. The number of carbonyl (C=O) groups is 1. The molecule has 0 aliphatic carbocycles. The lowest BCUT2D eigenvalue weighted by molar-refractivity contribution is -0.253. The number of hydrogen-bond donors (Lipinski definition) is 1. The highest BCUT2D eigenvalue weighted by Crippen LogP contribution is 2.39. The lowest BCUT2D eigenvalue weighted by Gasteiger charge is -2.29. The van der Waals surface area contributed by atoms with Crippen molar-refractivity contribution >= 4 is 6.41 Å². The summed E-state index contributed by atoms with van der Waals surface area (Å²) in [5, 5.41) is 2.59. The third-order valence-electron chi connectivity index (χ3n) is 4.73. The van der Waals surface area contributed by atoms with Crippen molar-refractivity contribution in [3.05, 3.63) is 101 Å².